The second kappa shape index (κ2) is 11.6. The molecule has 1 unspecified atom stereocenters. The van der Waals surface area contributed by atoms with E-state index in [1.54, 1.807) is 24.3 Å². The van der Waals surface area contributed by atoms with E-state index in [1.165, 1.54) is 16.2 Å². The fraction of sp³-hybridized carbons (Fsp3) is 0.400. The summed E-state index contributed by atoms with van der Waals surface area (Å²) in [6, 6.07) is 7.56. The third kappa shape index (κ3) is 5.93. The van der Waals surface area contributed by atoms with Gasteiger partial charge in [-0.25, -0.2) is 27.3 Å². The van der Waals surface area contributed by atoms with Gasteiger partial charge in [-0.05, 0) is 25.0 Å². The SMILES string of the molecule is O=C(O)Nc1ccccc1C1CC(c2csc(C3CCN(C(=O)Cn4nc(C(F)F)cc4C(F)F)CC3)n2)=NO1. The van der Waals surface area contributed by atoms with Gasteiger partial charge in [0, 0.05) is 36.4 Å². The van der Waals surface area contributed by atoms with Gasteiger partial charge in [0.1, 0.15) is 23.6 Å². The predicted molar refractivity (Wildman–Crippen MR) is 136 cm³/mol. The van der Waals surface area contributed by atoms with Crippen LogP contribution in [0.1, 0.15) is 71.8 Å². The number of alkyl halides is 4. The van der Waals surface area contributed by atoms with Crippen LogP contribution in [0.15, 0.2) is 40.9 Å². The van der Waals surface area contributed by atoms with Gasteiger partial charge in [0.25, 0.3) is 12.9 Å². The van der Waals surface area contributed by atoms with E-state index in [2.05, 4.69) is 15.6 Å². The van der Waals surface area contributed by atoms with Gasteiger partial charge in [-0.1, -0.05) is 23.4 Å². The second-order valence-electron chi connectivity index (χ2n) is 9.33. The molecule has 15 heteroatoms. The molecule has 2 aliphatic rings. The Hall–Kier alpha value is -4.01. The Balaban J connectivity index is 1.17. The number of hydrogen-bond donors (Lipinski definition) is 2. The maximum Gasteiger partial charge on any atom is 0.409 e. The Morgan fingerprint density at radius 1 is 1.15 bits per heavy atom. The van der Waals surface area contributed by atoms with E-state index in [9.17, 15) is 27.2 Å². The van der Waals surface area contributed by atoms with Gasteiger partial charge in [-0.15, -0.1) is 11.3 Å². The van der Waals surface area contributed by atoms with Crippen LogP contribution in [0.3, 0.4) is 0 Å². The molecule has 1 saturated heterocycles. The van der Waals surface area contributed by atoms with Crippen molar-refractivity contribution >= 4 is 34.7 Å². The maximum absolute atomic E-state index is 13.2. The van der Waals surface area contributed by atoms with Crippen molar-refractivity contribution in [1.82, 2.24) is 19.7 Å². The van der Waals surface area contributed by atoms with E-state index in [-0.39, 0.29) is 5.92 Å². The molecule has 0 saturated carbocycles. The summed E-state index contributed by atoms with van der Waals surface area (Å²) in [6.45, 7) is 0.195. The molecule has 1 atom stereocenters. The van der Waals surface area contributed by atoms with Crippen molar-refractivity contribution in [3.8, 4) is 0 Å². The molecule has 0 radical (unpaired) electrons. The molecule has 0 spiro atoms. The smallest absolute Gasteiger partial charge is 0.409 e. The minimum absolute atomic E-state index is 0.0776. The van der Waals surface area contributed by atoms with Crippen LogP contribution in [0, 0.1) is 0 Å². The first kappa shape index (κ1) is 27.6. The summed E-state index contributed by atoms with van der Waals surface area (Å²) in [7, 11) is 0. The summed E-state index contributed by atoms with van der Waals surface area (Å²) in [5.74, 6) is -0.390. The number of benzene rings is 1. The molecule has 5 rings (SSSR count). The van der Waals surface area contributed by atoms with Crippen molar-refractivity contribution in [3.05, 3.63) is 63.4 Å². The first-order chi connectivity index (χ1) is 19.2. The number of carboxylic acid groups (broad SMARTS) is 1. The Bertz CT molecular complexity index is 1420. The van der Waals surface area contributed by atoms with Crippen molar-refractivity contribution < 1.29 is 37.1 Å². The van der Waals surface area contributed by atoms with Crippen molar-refractivity contribution in [3.63, 3.8) is 0 Å². The summed E-state index contributed by atoms with van der Waals surface area (Å²) in [5, 5.41) is 21.9. The number of likely N-dealkylation sites (tertiary alicyclic amines) is 1. The zero-order valence-electron chi connectivity index (χ0n) is 20.8. The van der Waals surface area contributed by atoms with Gasteiger partial charge in [0.2, 0.25) is 5.91 Å². The van der Waals surface area contributed by atoms with Crippen LogP contribution < -0.4 is 5.32 Å². The topological polar surface area (TPSA) is 122 Å². The highest BCUT2D eigenvalue weighted by Crippen LogP contribution is 2.36. The number of amides is 2. The summed E-state index contributed by atoms with van der Waals surface area (Å²) in [5.41, 5.74) is 0.893. The third-order valence-electron chi connectivity index (χ3n) is 6.79. The highest BCUT2D eigenvalue weighted by Gasteiger charge is 2.31. The zero-order valence-corrected chi connectivity index (χ0v) is 21.7. The van der Waals surface area contributed by atoms with Gasteiger partial charge in [-0.3, -0.25) is 14.8 Å². The monoisotopic (exact) mass is 580 g/mol. The number of oxime groups is 1. The van der Waals surface area contributed by atoms with Crippen LogP contribution >= 0.6 is 11.3 Å². The minimum Gasteiger partial charge on any atom is -0.465 e. The van der Waals surface area contributed by atoms with Crippen molar-refractivity contribution in [2.45, 2.75) is 50.7 Å². The molecule has 0 bridgehead atoms. The number of aromatic nitrogens is 3. The van der Waals surface area contributed by atoms with Crippen LogP contribution in [0.4, 0.5) is 28.0 Å². The van der Waals surface area contributed by atoms with E-state index >= 15 is 0 Å². The number of halogens is 4. The van der Waals surface area contributed by atoms with E-state index in [0.717, 1.165) is 5.01 Å². The number of rotatable bonds is 8. The van der Waals surface area contributed by atoms with Crippen LogP contribution in [-0.4, -0.2) is 55.6 Å². The van der Waals surface area contributed by atoms with Crippen LogP contribution in [-0.2, 0) is 16.2 Å². The van der Waals surface area contributed by atoms with E-state index in [4.69, 9.17) is 14.9 Å². The molecule has 0 aliphatic carbocycles. The molecular weight excluding hydrogens is 556 g/mol. The lowest BCUT2D eigenvalue weighted by Crippen LogP contribution is -2.40. The predicted octanol–water partition coefficient (Wildman–Crippen LogP) is 5.58. The lowest BCUT2D eigenvalue weighted by molar-refractivity contribution is -0.133. The van der Waals surface area contributed by atoms with Gasteiger partial charge in [-0.2, -0.15) is 5.10 Å². The molecule has 4 heterocycles. The highest BCUT2D eigenvalue weighted by molar-refractivity contribution is 7.10. The largest absolute Gasteiger partial charge is 0.465 e. The molecule has 2 amide bonds. The van der Waals surface area contributed by atoms with Gasteiger partial charge < -0.3 is 14.8 Å². The molecule has 10 nitrogen and oxygen atoms in total. The average molecular weight is 581 g/mol. The number of hydrogen-bond acceptors (Lipinski definition) is 7. The van der Waals surface area contributed by atoms with Crippen LogP contribution in [0.25, 0.3) is 0 Å². The fourth-order valence-corrected chi connectivity index (χ4v) is 5.78. The molecule has 40 heavy (non-hydrogen) atoms. The second-order valence-corrected chi connectivity index (χ2v) is 10.2. The van der Waals surface area contributed by atoms with Gasteiger partial charge >= 0.3 is 6.09 Å². The lowest BCUT2D eigenvalue weighted by atomic mass is 9.97. The summed E-state index contributed by atoms with van der Waals surface area (Å²) in [4.78, 5) is 35.7. The van der Waals surface area contributed by atoms with Crippen molar-refractivity contribution in [2.75, 3.05) is 18.4 Å². The Morgan fingerprint density at radius 3 is 2.60 bits per heavy atom. The fourth-order valence-electron chi connectivity index (χ4n) is 4.77. The highest BCUT2D eigenvalue weighted by atomic mass is 32.1. The number of carbonyl (C=O) groups excluding carboxylic acids is 1. The standard InChI is InChI=1S/C25H24F4N6O4S/c26-22(27)17-9-19(23(28)29)35(32-17)11-21(36)34-7-5-13(6-8-34)24-30-18(12-40-24)16-10-20(39-33-16)14-3-1-2-4-15(14)31-25(37)38/h1-4,9,12-13,20,22-23,31H,5-8,10-11H2,(H,37,38). The average Bonchev–Trinajstić information content (AvgIpc) is 3.68. The Morgan fingerprint density at radius 2 is 1.90 bits per heavy atom. The molecule has 2 aromatic heterocycles. The first-order valence-electron chi connectivity index (χ1n) is 12.4. The minimum atomic E-state index is -3.03. The summed E-state index contributed by atoms with van der Waals surface area (Å²) >= 11 is 1.46. The normalized spacial score (nSPS) is 17.8. The summed E-state index contributed by atoms with van der Waals surface area (Å²) in [6.07, 6.45) is -6.07. The maximum atomic E-state index is 13.2. The molecule has 3 aromatic rings. The molecular formula is C25H24F4N6O4S. The van der Waals surface area contributed by atoms with Crippen LogP contribution in [0.2, 0.25) is 0 Å². The quantitative estimate of drug-likeness (QED) is 0.336. The Kier molecular flexibility index (Phi) is 8.00. The number of nitrogens with one attached hydrogen (secondary N) is 1. The van der Waals surface area contributed by atoms with E-state index in [0.29, 0.717) is 65.8 Å². The molecule has 1 aromatic carbocycles. The van der Waals surface area contributed by atoms with Crippen LogP contribution in [0.5, 0.6) is 0 Å². The molecule has 2 N–H and O–H groups in total. The number of piperidine rings is 1. The van der Waals surface area contributed by atoms with Gasteiger partial charge in [0.05, 0.1) is 16.4 Å². The number of anilines is 1. The lowest BCUT2D eigenvalue weighted by Gasteiger charge is -2.31. The number of carbonyl (C=O) groups is 2. The molecule has 2 aliphatic heterocycles. The molecule has 212 valence electrons. The van der Waals surface area contributed by atoms with Crippen molar-refractivity contribution in [1.29, 1.82) is 0 Å². The first-order valence-corrected chi connectivity index (χ1v) is 13.3. The third-order valence-corrected chi connectivity index (χ3v) is 7.80. The zero-order chi connectivity index (χ0) is 28.4. The van der Waals surface area contributed by atoms with Gasteiger partial charge in [0.15, 0.2) is 6.10 Å². The van der Waals surface area contributed by atoms with E-state index < -0.39 is 48.9 Å². The number of thiazole rings is 1. The van der Waals surface area contributed by atoms with Crippen molar-refractivity contribution in [2.24, 2.45) is 5.16 Å². The summed E-state index contributed by atoms with van der Waals surface area (Å²) < 4.78 is 53.0. The number of nitrogens with zero attached hydrogens (tertiary/aromatic N) is 5. The van der Waals surface area contributed by atoms with E-state index in [1.807, 2.05) is 5.38 Å². The Labute approximate surface area is 229 Å². The molecule has 1 fully saturated rings. The number of para-hydroxylation sites is 1.